The maximum Gasteiger partial charge on any atom is 0.293 e. The Balaban J connectivity index is -0.00000450. The molecule has 4 N–H and O–H groups in total. The topological polar surface area (TPSA) is 99.4 Å². The smallest absolute Gasteiger partial charge is 0.293 e. The highest BCUT2D eigenvalue weighted by molar-refractivity contribution is 6.92. The first-order chi connectivity index (χ1) is 14.8. The van der Waals surface area contributed by atoms with Crippen molar-refractivity contribution < 1.29 is 29.9 Å². The average Bonchev–Trinajstić information content (AvgIpc) is 2.73. The Morgan fingerprint density at radius 2 is 0.848 bits per heavy atom. The summed E-state index contributed by atoms with van der Waals surface area (Å²) in [6, 6.07) is 0. The van der Waals surface area contributed by atoms with Gasteiger partial charge < -0.3 is 29.9 Å². The van der Waals surface area contributed by atoms with Crippen LogP contribution in [0.1, 0.15) is 105 Å². The van der Waals surface area contributed by atoms with Gasteiger partial charge in [0.2, 0.25) is 0 Å². The zero-order valence-corrected chi connectivity index (χ0v) is 25.0. The molecule has 0 aromatic heterocycles. The van der Waals surface area contributed by atoms with E-state index in [4.69, 9.17) is 9.47 Å². The van der Waals surface area contributed by atoms with Gasteiger partial charge in [-0.2, -0.15) is 19.8 Å². The van der Waals surface area contributed by atoms with Crippen LogP contribution >= 0.6 is 19.8 Å². The number of aliphatic hydroxyl groups is 4. The summed E-state index contributed by atoms with van der Waals surface area (Å²) in [7, 11) is 0. The number of hydrogen-bond donors (Lipinski definition) is 4. The standard InChI is InChI=1S/C25H52O6.2H3P/c1-22(2)15-11-7-5-9-13-17-30-25(29,24(19-26,20-27)21-28)31-18-14-10-6-8-12-16-23(3)4;;/h22-23,26-29H,5-21H2,1-4H3;2*1H3. The van der Waals surface area contributed by atoms with Crippen molar-refractivity contribution in [3.05, 3.63) is 0 Å². The van der Waals surface area contributed by atoms with Gasteiger partial charge in [-0.3, -0.25) is 0 Å². The lowest BCUT2D eigenvalue weighted by atomic mass is 9.87. The van der Waals surface area contributed by atoms with Crippen LogP contribution in [-0.2, 0) is 9.47 Å². The van der Waals surface area contributed by atoms with Crippen LogP contribution in [-0.4, -0.2) is 59.4 Å². The van der Waals surface area contributed by atoms with Gasteiger partial charge in [0.1, 0.15) is 5.41 Å². The molecule has 0 spiro atoms. The first kappa shape index (κ1) is 38.2. The van der Waals surface area contributed by atoms with Gasteiger partial charge >= 0.3 is 0 Å². The summed E-state index contributed by atoms with van der Waals surface area (Å²) in [4.78, 5) is 0. The van der Waals surface area contributed by atoms with E-state index < -0.39 is 31.2 Å². The summed E-state index contributed by atoms with van der Waals surface area (Å²) in [6.07, 6.45) is 13.0. The van der Waals surface area contributed by atoms with Crippen LogP contribution in [0.4, 0.5) is 0 Å². The second-order valence-electron chi connectivity index (χ2n) is 9.93. The molecule has 0 aliphatic heterocycles. The molecule has 8 heteroatoms. The number of unbranched alkanes of at least 4 members (excludes halogenated alkanes) is 8. The Labute approximate surface area is 210 Å². The number of ether oxygens (including phenoxy) is 2. The van der Waals surface area contributed by atoms with Crippen molar-refractivity contribution in [3.63, 3.8) is 0 Å². The van der Waals surface area contributed by atoms with Crippen LogP contribution in [0.2, 0.25) is 0 Å². The first-order valence-corrected chi connectivity index (χ1v) is 12.6. The van der Waals surface area contributed by atoms with Crippen molar-refractivity contribution in [2.45, 2.75) is 111 Å². The number of hydrogen-bond acceptors (Lipinski definition) is 6. The largest absolute Gasteiger partial charge is 0.395 e. The predicted octanol–water partition coefficient (Wildman–Crippen LogP) is 4.74. The molecule has 0 heterocycles. The summed E-state index contributed by atoms with van der Waals surface area (Å²) in [5.41, 5.74) is -1.67. The number of aliphatic hydroxyl groups excluding tert-OH is 3. The summed E-state index contributed by atoms with van der Waals surface area (Å²) in [6.45, 7) is 7.52. The molecule has 0 saturated heterocycles. The fourth-order valence-electron chi connectivity index (χ4n) is 3.59. The van der Waals surface area contributed by atoms with Crippen molar-refractivity contribution in [1.82, 2.24) is 0 Å². The molecule has 33 heavy (non-hydrogen) atoms. The third-order valence-electron chi connectivity index (χ3n) is 6.03. The van der Waals surface area contributed by atoms with Crippen molar-refractivity contribution in [2.24, 2.45) is 17.3 Å². The van der Waals surface area contributed by atoms with Crippen molar-refractivity contribution in [3.8, 4) is 0 Å². The molecule has 0 aromatic carbocycles. The van der Waals surface area contributed by atoms with Gasteiger partial charge in [-0.1, -0.05) is 91.9 Å². The monoisotopic (exact) mass is 516 g/mol. The van der Waals surface area contributed by atoms with Gasteiger partial charge in [-0.25, -0.2) is 0 Å². The molecule has 204 valence electrons. The van der Waals surface area contributed by atoms with Crippen LogP contribution in [0.25, 0.3) is 0 Å². The van der Waals surface area contributed by atoms with E-state index in [9.17, 15) is 20.4 Å². The van der Waals surface area contributed by atoms with Gasteiger partial charge in [0.05, 0.1) is 33.0 Å². The third kappa shape index (κ3) is 16.8. The fourth-order valence-corrected chi connectivity index (χ4v) is 3.59. The quantitative estimate of drug-likeness (QED) is 0.0943. The zero-order valence-electron chi connectivity index (χ0n) is 22.2. The van der Waals surface area contributed by atoms with Crippen LogP contribution in [0.3, 0.4) is 0 Å². The summed E-state index contributed by atoms with van der Waals surface area (Å²) in [5.74, 6) is -0.737. The van der Waals surface area contributed by atoms with E-state index in [0.717, 1.165) is 50.4 Å². The Bertz CT molecular complexity index is 374. The SMILES string of the molecule is CC(C)CCCCCCCOC(O)(OCCCCCCCC(C)C)C(CO)(CO)CO.P.P. The second kappa shape index (κ2) is 23.0. The van der Waals surface area contributed by atoms with Crippen molar-refractivity contribution in [1.29, 1.82) is 0 Å². The molecule has 0 aromatic rings. The Kier molecular flexibility index (Phi) is 26.6. The molecule has 0 saturated carbocycles. The zero-order chi connectivity index (χ0) is 23.6. The second-order valence-corrected chi connectivity index (χ2v) is 9.93. The molecular formula is C25H58O6P2. The lowest BCUT2D eigenvalue weighted by Crippen LogP contribution is -2.59. The van der Waals surface area contributed by atoms with E-state index >= 15 is 0 Å². The van der Waals surface area contributed by atoms with Crippen LogP contribution in [0.5, 0.6) is 0 Å². The minimum atomic E-state index is -2.21. The highest BCUT2D eigenvalue weighted by Crippen LogP contribution is 2.34. The fraction of sp³-hybridized carbons (Fsp3) is 1.00. The van der Waals surface area contributed by atoms with Gasteiger partial charge in [0.15, 0.2) is 0 Å². The molecule has 0 bridgehead atoms. The summed E-state index contributed by atoms with van der Waals surface area (Å²) >= 11 is 0. The minimum absolute atomic E-state index is 0. The molecule has 0 aliphatic carbocycles. The van der Waals surface area contributed by atoms with Crippen LogP contribution in [0, 0.1) is 17.3 Å². The molecule has 0 fully saturated rings. The summed E-state index contributed by atoms with van der Waals surface area (Å²) < 4.78 is 11.3. The lowest BCUT2D eigenvalue weighted by molar-refractivity contribution is -0.426. The Hall–Kier alpha value is 0.620. The maximum absolute atomic E-state index is 11.0. The molecule has 0 amide bonds. The van der Waals surface area contributed by atoms with E-state index in [1.807, 2.05) is 0 Å². The molecule has 0 radical (unpaired) electrons. The van der Waals surface area contributed by atoms with Gasteiger partial charge in [0.25, 0.3) is 5.97 Å². The van der Waals surface area contributed by atoms with E-state index in [1.165, 1.54) is 38.5 Å². The predicted molar refractivity (Wildman–Crippen MR) is 148 cm³/mol. The summed E-state index contributed by atoms with van der Waals surface area (Å²) in [5, 5.41) is 40.3. The highest BCUT2D eigenvalue weighted by atomic mass is 31.0. The van der Waals surface area contributed by atoms with Crippen LogP contribution < -0.4 is 0 Å². The first-order valence-electron chi connectivity index (χ1n) is 12.6. The molecule has 6 nitrogen and oxygen atoms in total. The van der Waals surface area contributed by atoms with Crippen molar-refractivity contribution in [2.75, 3.05) is 33.0 Å². The lowest BCUT2D eigenvalue weighted by Gasteiger charge is -2.42. The Morgan fingerprint density at radius 3 is 1.15 bits per heavy atom. The van der Waals surface area contributed by atoms with Gasteiger partial charge in [-0.15, -0.1) is 0 Å². The van der Waals surface area contributed by atoms with E-state index in [1.54, 1.807) is 0 Å². The van der Waals surface area contributed by atoms with Gasteiger partial charge in [0, 0.05) is 0 Å². The molecule has 0 rings (SSSR count). The van der Waals surface area contributed by atoms with E-state index in [2.05, 4.69) is 27.7 Å². The molecular weight excluding hydrogens is 458 g/mol. The molecule has 2 atom stereocenters. The average molecular weight is 517 g/mol. The van der Waals surface area contributed by atoms with Crippen LogP contribution in [0.15, 0.2) is 0 Å². The molecule has 0 aliphatic rings. The number of rotatable bonds is 22. The third-order valence-corrected chi connectivity index (χ3v) is 6.03. The normalized spacial score (nSPS) is 12.2. The molecule has 2 unspecified atom stereocenters. The van der Waals surface area contributed by atoms with Crippen molar-refractivity contribution >= 4 is 19.8 Å². The van der Waals surface area contributed by atoms with E-state index in [0.29, 0.717) is 0 Å². The van der Waals surface area contributed by atoms with E-state index in [-0.39, 0.29) is 33.0 Å². The Morgan fingerprint density at radius 1 is 0.545 bits per heavy atom. The maximum atomic E-state index is 11.0. The highest BCUT2D eigenvalue weighted by Gasteiger charge is 2.53. The van der Waals surface area contributed by atoms with Gasteiger partial charge in [-0.05, 0) is 24.7 Å². The minimum Gasteiger partial charge on any atom is -0.395 e.